The van der Waals surface area contributed by atoms with Crippen molar-refractivity contribution < 1.29 is 22.3 Å². The third-order valence-electron chi connectivity index (χ3n) is 2.82. The molecule has 6 heteroatoms. The predicted molar refractivity (Wildman–Crippen MR) is 72.8 cm³/mol. The van der Waals surface area contributed by atoms with Crippen molar-refractivity contribution in [1.29, 1.82) is 0 Å². The van der Waals surface area contributed by atoms with E-state index in [1.54, 1.807) is 24.5 Å². The lowest BCUT2D eigenvalue weighted by atomic mass is 10.1. The standard InChI is InChI=1S/C15H16F3NO2/c1-10(2)19-9-14-13(7-8-20-14)11-3-5-12(6-4-11)21-15(16,17)18/h3-8,10,19H,9H2,1-2H3. The SMILES string of the molecule is CC(C)NCc1occc1-c1ccc(OC(F)(F)F)cc1. The van der Waals surface area contributed by atoms with Crippen molar-refractivity contribution >= 4 is 0 Å². The van der Waals surface area contributed by atoms with E-state index in [1.807, 2.05) is 13.8 Å². The predicted octanol–water partition coefficient (Wildman–Crippen LogP) is 4.34. The van der Waals surface area contributed by atoms with Crippen LogP contribution in [0.4, 0.5) is 13.2 Å². The summed E-state index contributed by atoms with van der Waals surface area (Å²) in [7, 11) is 0. The number of benzene rings is 1. The lowest BCUT2D eigenvalue weighted by Gasteiger charge is -2.10. The van der Waals surface area contributed by atoms with Crippen molar-refractivity contribution in [2.24, 2.45) is 0 Å². The number of nitrogens with one attached hydrogen (secondary N) is 1. The molecule has 0 aliphatic heterocycles. The van der Waals surface area contributed by atoms with E-state index in [0.29, 0.717) is 12.6 Å². The third-order valence-corrected chi connectivity index (χ3v) is 2.82. The molecule has 0 unspecified atom stereocenters. The molecule has 0 spiro atoms. The Kier molecular flexibility index (Phi) is 4.57. The molecule has 0 bridgehead atoms. The summed E-state index contributed by atoms with van der Waals surface area (Å²) in [6.07, 6.45) is -3.11. The second kappa shape index (κ2) is 6.22. The van der Waals surface area contributed by atoms with Gasteiger partial charge in [0.2, 0.25) is 0 Å². The van der Waals surface area contributed by atoms with Crippen LogP contribution in [-0.2, 0) is 6.54 Å². The van der Waals surface area contributed by atoms with Crippen molar-refractivity contribution in [2.45, 2.75) is 32.8 Å². The van der Waals surface area contributed by atoms with Crippen molar-refractivity contribution in [3.63, 3.8) is 0 Å². The van der Waals surface area contributed by atoms with E-state index in [9.17, 15) is 13.2 Å². The zero-order valence-corrected chi connectivity index (χ0v) is 11.7. The lowest BCUT2D eigenvalue weighted by molar-refractivity contribution is -0.274. The van der Waals surface area contributed by atoms with Crippen LogP contribution < -0.4 is 10.1 Å². The van der Waals surface area contributed by atoms with Gasteiger partial charge in [0.25, 0.3) is 0 Å². The third kappa shape index (κ3) is 4.53. The minimum absolute atomic E-state index is 0.239. The summed E-state index contributed by atoms with van der Waals surface area (Å²) in [5.74, 6) is 0.504. The molecular formula is C15H16F3NO2. The summed E-state index contributed by atoms with van der Waals surface area (Å²) >= 11 is 0. The average molecular weight is 299 g/mol. The van der Waals surface area contributed by atoms with Gasteiger partial charge in [0.1, 0.15) is 11.5 Å². The molecule has 114 valence electrons. The summed E-state index contributed by atoms with van der Waals surface area (Å²) in [5.41, 5.74) is 1.63. The van der Waals surface area contributed by atoms with Crippen LogP contribution in [-0.4, -0.2) is 12.4 Å². The first-order chi connectivity index (χ1) is 9.85. The Labute approximate surface area is 120 Å². The monoisotopic (exact) mass is 299 g/mol. The number of hydrogen-bond acceptors (Lipinski definition) is 3. The molecule has 0 radical (unpaired) electrons. The summed E-state index contributed by atoms with van der Waals surface area (Å²) < 4.78 is 45.6. The van der Waals surface area contributed by atoms with Crippen LogP contribution in [0, 0.1) is 0 Å². The normalized spacial score (nSPS) is 11.9. The second-order valence-corrected chi connectivity index (χ2v) is 4.87. The fourth-order valence-electron chi connectivity index (χ4n) is 1.87. The molecule has 0 amide bonds. The molecule has 0 saturated carbocycles. The fraction of sp³-hybridized carbons (Fsp3) is 0.333. The molecular weight excluding hydrogens is 283 g/mol. The van der Waals surface area contributed by atoms with Crippen LogP contribution >= 0.6 is 0 Å². The zero-order valence-electron chi connectivity index (χ0n) is 11.7. The first-order valence-electron chi connectivity index (χ1n) is 6.51. The highest BCUT2D eigenvalue weighted by atomic mass is 19.4. The van der Waals surface area contributed by atoms with E-state index < -0.39 is 6.36 Å². The molecule has 1 heterocycles. The average Bonchev–Trinajstić information content (AvgIpc) is 2.83. The van der Waals surface area contributed by atoms with Gasteiger partial charge < -0.3 is 14.5 Å². The maximum Gasteiger partial charge on any atom is 0.573 e. The number of rotatable bonds is 5. The molecule has 3 nitrogen and oxygen atoms in total. The van der Waals surface area contributed by atoms with Crippen LogP contribution in [0.15, 0.2) is 41.0 Å². The smallest absolute Gasteiger partial charge is 0.467 e. The van der Waals surface area contributed by atoms with E-state index in [-0.39, 0.29) is 5.75 Å². The molecule has 1 N–H and O–H groups in total. The highest BCUT2D eigenvalue weighted by Crippen LogP contribution is 2.29. The minimum atomic E-state index is -4.68. The van der Waals surface area contributed by atoms with Crippen LogP contribution in [0.25, 0.3) is 11.1 Å². The maximum absolute atomic E-state index is 12.1. The number of halogens is 3. The van der Waals surface area contributed by atoms with Gasteiger partial charge >= 0.3 is 6.36 Å². The fourth-order valence-corrected chi connectivity index (χ4v) is 1.87. The molecule has 1 aromatic heterocycles. The van der Waals surface area contributed by atoms with Gasteiger partial charge in [-0.1, -0.05) is 26.0 Å². The first-order valence-corrected chi connectivity index (χ1v) is 6.51. The highest BCUT2D eigenvalue weighted by Gasteiger charge is 2.31. The molecule has 2 rings (SSSR count). The molecule has 2 aromatic rings. The number of alkyl halides is 3. The molecule has 1 aromatic carbocycles. The van der Waals surface area contributed by atoms with Crippen molar-refractivity contribution in [2.75, 3.05) is 0 Å². The van der Waals surface area contributed by atoms with E-state index in [1.165, 1.54) is 12.1 Å². The van der Waals surface area contributed by atoms with Gasteiger partial charge in [0.05, 0.1) is 12.8 Å². The zero-order chi connectivity index (χ0) is 15.5. The van der Waals surface area contributed by atoms with Crippen molar-refractivity contribution in [1.82, 2.24) is 5.32 Å². The van der Waals surface area contributed by atoms with Gasteiger partial charge in [-0.3, -0.25) is 0 Å². The lowest BCUT2D eigenvalue weighted by Crippen LogP contribution is -2.21. The molecule has 21 heavy (non-hydrogen) atoms. The van der Waals surface area contributed by atoms with E-state index in [0.717, 1.165) is 16.9 Å². The molecule has 0 aliphatic carbocycles. The Bertz CT molecular complexity index is 573. The van der Waals surface area contributed by atoms with Crippen molar-refractivity contribution in [3.8, 4) is 16.9 Å². The number of furan rings is 1. The van der Waals surface area contributed by atoms with Crippen molar-refractivity contribution in [3.05, 3.63) is 42.4 Å². The highest BCUT2D eigenvalue weighted by molar-refractivity contribution is 5.66. The van der Waals surface area contributed by atoms with Crippen LogP contribution in [0.5, 0.6) is 5.75 Å². The topological polar surface area (TPSA) is 34.4 Å². The molecule has 0 aliphatic rings. The second-order valence-electron chi connectivity index (χ2n) is 4.87. The molecule has 0 fully saturated rings. The Morgan fingerprint density at radius 1 is 1.14 bits per heavy atom. The Morgan fingerprint density at radius 3 is 2.38 bits per heavy atom. The van der Waals surface area contributed by atoms with Crippen LogP contribution in [0.1, 0.15) is 19.6 Å². The van der Waals surface area contributed by atoms with Gasteiger partial charge in [-0.05, 0) is 23.8 Å². The van der Waals surface area contributed by atoms with Gasteiger partial charge in [-0.2, -0.15) is 0 Å². The maximum atomic E-state index is 12.1. The summed E-state index contributed by atoms with van der Waals surface area (Å²) in [4.78, 5) is 0. The summed E-state index contributed by atoms with van der Waals surface area (Å²) in [5, 5.41) is 3.23. The Balaban J connectivity index is 2.14. The van der Waals surface area contributed by atoms with E-state index in [4.69, 9.17) is 4.42 Å². The van der Waals surface area contributed by atoms with Gasteiger partial charge in [-0.25, -0.2) is 0 Å². The number of ether oxygens (including phenoxy) is 1. The van der Waals surface area contributed by atoms with Crippen LogP contribution in [0.3, 0.4) is 0 Å². The quantitative estimate of drug-likeness (QED) is 0.891. The van der Waals surface area contributed by atoms with Crippen LogP contribution in [0.2, 0.25) is 0 Å². The van der Waals surface area contributed by atoms with Gasteiger partial charge in [-0.15, -0.1) is 13.2 Å². The molecule has 0 atom stereocenters. The largest absolute Gasteiger partial charge is 0.573 e. The number of hydrogen-bond donors (Lipinski definition) is 1. The molecule has 0 saturated heterocycles. The van der Waals surface area contributed by atoms with Gasteiger partial charge in [0.15, 0.2) is 0 Å². The van der Waals surface area contributed by atoms with Gasteiger partial charge in [0, 0.05) is 11.6 Å². The van der Waals surface area contributed by atoms with E-state index in [2.05, 4.69) is 10.1 Å². The Hall–Kier alpha value is -1.95. The summed E-state index contributed by atoms with van der Waals surface area (Å²) in [6.45, 7) is 4.60. The summed E-state index contributed by atoms with van der Waals surface area (Å²) in [6, 6.07) is 7.82. The Morgan fingerprint density at radius 2 is 1.81 bits per heavy atom. The van der Waals surface area contributed by atoms with E-state index >= 15 is 0 Å². The first kappa shape index (κ1) is 15.4. The minimum Gasteiger partial charge on any atom is -0.467 e.